The average molecular weight is 240 g/mol. The second-order valence-electron chi connectivity index (χ2n) is 3.51. The largest absolute Gasteiger partial charge is 0.468 e. The summed E-state index contributed by atoms with van der Waals surface area (Å²) in [5, 5.41) is 4.07. The molecule has 0 N–H and O–H groups in total. The molecular weight excluding hydrogens is 224 g/mol. The molecule has 0 fully saturated rings. The van der Waals surface area contributed by atoms with Gasteiger partial charge in [0.1, 0.15) is 0 Å². The van der Waals surface area contributed by atoms with Crippen molar-refractivity contribution in [3.8, 4) is 0 Å². The molecule has 1 rings (SSSR count). The number of aromatic nitrogens is 2. The van der Waals surface area contributed by atoms with Crippen LogP contribution < -0.4 is 0 Å². The molecule has 0 spiro atoms. The van der Waals surface area contributed by atoms with Crippen LogP contribution >= 0.6 is 0 Å². The second kappa shape index (κ2) is 6.03. The molecule has 1 heterocycles. The summed E-state index contributed by atoms with van der Waals surface area (Å²) in [6, 6.07) is 0. The summed E-state index contributed by atoms with van der Waals surface area (Å²) < 4.78 is 10.9. The van der Waals surface area contributed by atoms with E-state index in [0.29, 0.717) is 0 Å². The number of hydrogen-bond donors (Lipinski definition) is 0. The maximum atomic E-state index is 11.4. The van der Waals surface area contributed by atoms with Crippen molar-refractivity contribution in [3.05, 3.63) is 18.0 Å². The summed E-state index contributed by atoms with van der Waals surface area (Å²) in [5.41, 5.74) is 0.799. The Hall–Kier alpha value is -1.85. The van der Waals surface area contributed by atoms with Crippen molar-refractivity contribution < 1.29 is 19.1 Å². The fraction of sp³-hybridized carbons (Fsp3) is 0.545. The van der Waals surface area contributed by atoms with Gasteiger partial charge in [0.2, 0.25) is 0 Å². The van der Waals surface area contributed by atoms with Gasteiger partial charge in [-0.25, -0.2) is 0 Å². The van der Waals surface area contributed by atoms with Crippen LogP contribution in [0.15, 0.2) is 12.4 Å². The van der Waals surface area contributed by atoms with Crippen molar-refractivity contribution in [2.45, 2.75) is 19.9 Å². The number of hydrogen-bond acceptors (Lipinski definition) is 5. The topological polar surface area (TPSA) is 70.4 Å². The highest BCUT2D eigenvalue weighted by atomic mass is 16.5. The second-order valence-corrected chi connectivity index (χ2v) is 3.51. The van der Waals surface area contributed by atoms with Gasteiger partial charge in [-0.15, -0.1) is 0 Å². The molecule has 0 unspecified atom stereocenters. The maximum absolute atomic E-state index is 11.4. The van der Waals surface area contributed by atoms with Crippen molar-refractivity contribution in [2.75, 3.05) is 14.2 Å². The van der Waals surface area contributed by atoms with Crippen LogP contribution in [0.25, 0.3) is 0 Å². The van der Waals surface area contributed by atoms with Crippen LogP contribution in [0.3, 0.4) is 0 Å². The molecule has 0 aliphatic carbocycles. The third-order valence-corrected chi connectivity index (χ3v) is 2.42. The Kier molecular flexibility index (Phi) is 4.68. The zero-order chi connectivity index (χ0) is 12.8. The first-order valence-electron chi connectivity index (χ1n) is 5.29. The van der Waals surface area contributed by atoms with E-state index in [1.165, 1.54) is 14.2 Å². The minimum Gasteiger partial charge on any atom is -0.468 e. The van der Waals surface area contributed by atoms with Crippen molar-refractivity contribution in [1.82, 2.24) is 9.78 Å². The quantitative estimate of drug-likeness (QED) is 0.550. The Balaban J connectivity index is 2.78. The minimum absolute atomic E-state index is 0.235. The van der Waals surface area contributed by atoms with Crippen LogP contribution in [0.4, 0.5) is 0 Å². The summed E-state index contributed by atoms with van der Waals surface area (Å²) in [4.78, 5) is 22.9. The van der Waals surface area contributed by atoms with E-state index >= 15 is 0 Å². The minimum atomic E-state index is -0.931. The molecule has 0 amide bonds. The van der Waals surface area contributed by atoms with E-state index in [-0.39, 0.29) is 6.42 Å². The number of carbonyl (C=O) groups is 2. The van der Waals surface area contributed by atoms with Crippen molar-refractivity contribution in [2.24, 2.45) is 5.92 Å². The summed E-state index contributed by atoms with van der Waals surface area (Å²) >= 11 is 0. The lowest BCUT2D eigenvalue weighted by Crippen LogP contribution is -2.28. The molecule has 0 saturated carbocycles. The normalized spacial score (nSPS) is 10.4. The van der Waals surface area contributed by atoms with Gasteiger partial charge >= 0.3 is 11.9 Å². The van der Waals surface area contributed by atoms with E-state index in [4.69, 9.17) is 0 Å². The number of rotatable bonds is 5. The first-order valence-corrected chi connectivity index (χ1v) is 5.29. The van der Waals surface area contributed by atoms with Crippen LogP contribution in [-0.4, -0.2) is 35.9 Å². The van der Waals surface area contributed by atoms with E-state index in [0.717, 1.165) is 12.1 Å². The Morgan fingerprint density at radius 3 is 2.35 bits per heavy atom. The average Bonchev–Trinajstić information content (AvgIpc) is 2.81. The van der Waals surface area contributed by atoms with Crippen LogP contribution in [0.1, 0.15) is 12.5 Å². The zero-order valence-corrected chi connectivity index (χ0v) is 10.2. The molecule has 0 radical (unpaired) electrons. The molecule has 0 saturated heterocycles. The summed E-state index contributed by atoms with van der Waals surface area (Å²) in [6.07, 6.45) is 3.65. The molecule has 0 atom stereocenters. The van der Waals surface area contributed by atoms with Crippen molar-refractivity contribution in [3.63, 3.8) is 0 Å². The van der Waals surface area contributed by atoms with Gasteiger partial charge in [0, 0.05) is 12.7 Å². The molecule has 94 valence electrons. The van der Waals surface area contributed by atoms with Crippen molar-refractivity contribution in [1.29, 1.82) is 0 Å². The monoisotopic (exact) mass is 240 g/mol. The number of ether oxygens (including phenoxy) is 2. The van der Waals surface area contributed by atoms with Gasteiger partial charge in [0.25, 0.3) is 0 Å². The third-order valence-electron chi connectivity index (χ3n) is 2.42. The van der Waals surface area contributed by atoms with Gasteiger partial charge in [-0.1, -0.05) is 0 Å². The molecule has 6 nitrogen and oxygen atoms in total. The van der Waals surface area contributed by atoms with E-state index < -0.39 is 17.9 Å². The van der Waals surface area contributed by atoms with Crippen molar-refractivity contribution >= 4 is 11.9 Å². The van der Waals surface area contributed by atoms with Crippen LogP contribution in [0.5, 0.6) is 0 Å². The fourth-order valence-corrected chi connectivity index (χ4v) is 1.47. The van der Waals surface area contributed by atoms with E-state index in [1.54, 1.807) is 17.1 Å². The lowest BCUT2D eigenvalue weighted by atomic mass is 10.0. The molecule has 0 aliphatic heterocycles. The zero-order valence-electron chi connectivity index (χ0n) is 10.2. The Morgan fingerprint density at radius 2 is 1.94 bits per heavy atom. The predicted molar refractivity (Wildman–Crippen MR) is 59.1 cm³/mol. The molecule has 1 aromatic rings. The van der Waals surface area contributed by atoms with Crippen LogP contribution in [0, 0.1) is 5.92 Å². The van der Waals surface area contributed by atoms with Gasteiger partial charge in [-0.3, -0.25) is 14.3 Å². The van der Waals surface area contributed by atoms with Gasteiger partial charge in [-0.2, -0.15) is 5.10 Å². The molecule has 0 aromatic carbocycles. The number of methoxy groups -OCH3 is 2. The third kappa shape index (κ3) is 3.30. The lowest BCUT2D eigenvalue weighted by molar-refractivity contribution is -0.158. The first-order chi connectivity index (χ1) is 8.12. The molecule has 0 aliphatic rings. The Morgan fingerprint density at radius 1 is 1.35 bits per heavy atom. The number of carbonyl (C=O) groups excluding carboxylic acids is 2. The van der Waals surface area contributed by atoms with Crippen LogP contribution in [0.2, 0.25) is 0 Å². The SMILES string of the molecule is CCn1cc(CC(C(=O)OC)C(=O)OC)cn1. The highest BCUT2D eigenvalue weighted by Gasteiger charge is 2.29. The smallest absolute Gasteiger partial charge is 0.320 e. The first kappa shape index (κ1) is 13.2. The van der Waals surface area contributed by atoms with Gasteiger partial charge in [0.05, 0.1) is 20.4 Å². The molecule has 0 bridgehead atoms. The Labute approximate surface area is 99.5 Å². The Bertz CT molecular complexity index is 384. The van der Waals surface area contributed by atoms with Gasteiger partial charge in [-0.05, 0) is 18.9 Å². The highest BCUT2D eigenvalue weighted by molar-refractivity contribution is 5.95. The highest BCUT2D eigenvalue weighted by Crippen LogP contribution is 2.11. The number of nitrogens with zero attached hydrogens (tertiary/aromatic N) is 2. The summed E-state index contributed by atoms with van der Waals surface area (Å²) in [5.74, 6) is -2.12. The summed E-state index contributed by atoms with van der Waals surface area (Å²) in [7, 11) is 2.49. The van der Waals surface area contributed by atoms with E-state index in [2.05, 4.69) is 14.6 Å². The fourth-order valence-electron chi connectivity index (χ4n) is 1.47. The maximum Gasteiger partial charge on any atom is 0.320 e. The van der Waals surface area contributed by atoms with Crippen LogP contribution in [-0.2, 0) is 32.0 Å². The molecule has 1 aromatic heterocycles. The molecule has 17 heavy (non-hydrogen) atoms. The molecular formula is C11H16N2O4. The number of aryl methyl sites for hydroxylation is 1. The van der Waals surface area contributed by atoms with E-state index in [9.17, 15) is 9.59 Å². The summed E-state index contributed by atoms with van der Waals surface area (Å²) in [6.45, 7) is 2.69. The molecule has 6 heteroatoms. The van der Waals surface area contributed by atoms with Gasteiger partial charge < -0.3 is 9.47 Å². The predicted octanol–water partition coefficient (Wildman–Crippen LogP) is 0.408. The standard InChI is InChI=1S/C11H16N2O4/c1-4-13-7-8(6-12-13)5-9(10(14)16-2)11(15)17-3/h6-7,9H,4-5H2,1-3H3. The van der Waals surface area contributed by atoms with Gasteiger partial charge in [0.15, 0.2) is 5.92 Å². The van der Waals surface area contributed by atoms with E-state index in [1.807, 2.05) is 6.92 Å². The lowest BCUT2D eigenvalue weighted by Gasteiger charge is -2.10. The number of esters is 2.